The number of unbranched alkanes of at least 4 members (excludes halogenated alkanes) is 47. The second kappa shape index (κ2) is 61.8. The SMILES string of the molecule is CCCCCCCCCCCCCCCCCCCCCCCCC/C=C/CCc1ccccc1N=CC(CCCC)=Nc1ccccc1CC/C=C/CCCCCCCCCCCCCCCCCCCCCCCCC.[Ni]. The first-order valence-electron chi connectivity index (χ1n) is 35.4. The fourth-order valence-corrected chi connectivity index (χ4v) is 11.5. The van der Waals surface area contributed by atoms with Crippen molar-refractivity contribution in [3.05, 3.63) is 84.0 Å². The van der Waals surface area contributed by atoms with E-state index in [0.717, 1.165) is 62.0 Å². The van der Waals surface area contributed by atoms with Gasteiger partial charge in [-0.3, -0.25) is 9.98 Å². The third kappa shape index (κ3) is 50.0. The average molecular weight is 1130 g/mol. The molecule has 0 N–H and O–H groups in total. The minimum Gasteiger partial charge on any atom is -0.255 e. The molecule has 0 aliphatic heterocycles. The molecule has 2 nitrogen and oxygen atoms in total. The number of aliphatic imine (C=N–C) groups is 2. The van der Waals surface area contributed by atoms with Gasteiger partial charge in [0.15, 0.2) is 0 Å². The number of aryl methyl sites for hydroxylation is 2. The molecular weight excluding hydrogens is 1000 g/mol. The smallest absolute Gasteiger partial charge is 0.0665 e. The van der Waals surface area contributed by atoms with Crippen LogP contribution in [-0.4, -0.2) is 11.9 Å². The first-order valence-corrected chi connectivity index (χ1v) is 35.4. The van der Waals surface area contributed by atoms with Crippen LogP contribution in [0.2, 0.25) is 0 Å². The van der Waals surface area contributed by atoms with Gasteiger partial charge in [0.05, 0.1) is 17.1 Å². The Morgan fingerprint density at radius 2 is 0.544 bits per heavy atom. The summed E-state index contributed by atoms with van der Waals surface area (Å²) in [7, 11) is 0. The van der Waals surface area contributed by atoms with Gasteiger partial charge in [-0.25, -0.2) is 0 Å². The van der Waals surface area contributed by atoms with Crippen molar-refractivity contribution < 1.29 is 16.5 Å². The van der Waals surface area contributed by atoms with Gasteiger partial charge in [0, 0.05) is 22.7 Å². The molecule has 456 valence electrons. The Morgan fingerprint density at radius 3 is 0.861 bits per heavy atom. The summed E-state index contributed by atoms with van der Waals surface area (Å²) in [5.41, 5.74) is 5.95. The number of hydrogen-bond acceptors (Lipinski definition) is 2. The number of allylic oxidation sites excluding steroid dienone is 4. The molecule has 0 unspecified atom stereocenters. The molecule has 2 aromatic carbocycles. The summed E-state index contributed by atoms with van der Waals surface area (Å²) in [6.45, 7) is 6.89. The minimum atomic E-state index is 0. The Balaban J connectivity index is 0.0000312. The Morgan fingerprint density at radius 1 is 0.291 bits per heavy atom. The standard InChI is InChI=1S/C76H132N2.Ni/c1-4-7-10-12-14-16-18-20-22-24-26-28-30-32-34-36-38-40-42-44-46-48-50-52-54-56-58-64-72-66-60-62-69-75(72)77-71-74(68-9-6-3)78-76-70-63-61-67-73(76)65-59-57-55-53-51-49-47-45-43-41-39-37-35-33-31-29-27-25-23-21-19-17-15-13-11-8-5-2;/h54-57,60-63,66-67,69-71H,4-53,58-59,64-65,68H2,1-3H3;/b56-54+,57-55+,77-71?,78-74?;. The molecule has 0 amide bonds. The van der Waals surface area contributed by atoms with Gasteiger partial charge in [-0.15, -0.1) is 0 Å². The van der Waals surface area contributed by atoms with Gasteiger partial charge in [0.2, 0.25) is 0 Å². The molecule has 0 heterocycles. The van der Waals surface area contributed by atoms with E-state index in [1.165, 1.54) is 319 Å². The Bertz CT molecular complexity index is 1650. The van der Waals surface area contributed by atoms with Gasteiger partial charge in [-0.2, -0.15) is 0 Å². The number of hydrogen-bond donors (Lipinski definition) is 0. The van der Waals surface area contributed by atoms with Crippen LogP contribution in [-0.2, 0) is 29.3 Å². The van der Waals surface area contributed by atoms with Gasteiger partial charge in [0.1, 0.15) is 0 Å². The van der Waals surface area contributed by atoms with Crippen LogP contribution in [0, 0.1) is 0 Å². The predicted molar refractivity (Wildman–Crippen MR) is 356 cm³/mol. The van der Waals surface area contributed by atoms with E-state index in [4.69, 9.17) is 9.98 Å². The number of rotatable bonds is 60. The van der Waals surface area contributed by atoms with Gasteiger partial charge >= 0.3 is 0 Å². The Hall–Kier alpha value is -2.25. The molecule has 0 aromatic heterocycles. The van der Waals surface area contributed by atoms with Gasteiger partial charge in [-0.05, 0) is 87.5 Å². The number of benzene rings is 2. The van der Waals surface area contributed by atoms with Crippen LogP contribution >= 0.6 is 0 Å². The van der Waals surface area contributed by atoms with E-state index < -0.39 is 0 Å². The van der Waals surface area contributed by atoms with Crippen LogP contribution in [0.25, 0.3) is 0 Å². The van der Waals surface area contributed by atoms with Crippen molar-refractivity contribution in [1.82, 2.24) is 0 Å². The summed E-state index contributed by atoms with van der Waals surface area (Å²) in [4.78, 5) is 10.3. The zero-order chi connectivity index (χ0) is 55.4. The first kappa shape index (κ1) is 74.8. The van der Waals surface area contributed by atoms with E-state index in [9.17, 15) is 0 Å². The number of nitrogens with zero attached hydrogens (tertiary/aromatic N) is 2. The topological polar surface area (TPSA) is 24.7 Å². The van der Waals surface area contributed by atoms with Crippen LogP contribution < -0.4 is 0 Å². The minimum absolute atomic E-state index is 0. The summed E-state index contributed by atoms with van der Waals surface area (Å²) in [5.74, 6) is 0. The van der Waals surface area contributed by atoms with E-state index in [0.29, 0.717) is 0 Å². The molecule has 0 bridgehead atoms. The molecule has 3 heteroatoms. The van der Waals surface area contributed by atoms with E-state index in [-0.39, 0.29) is 16.5 Å². The van der Waals surface area contributed by atoms with Crippen LogP contribution in [0.4, 0.5) is 11.4 Å². The van der Waals surface area contributed by atoms with E-state index in [1.54, 1.807) is 0 Å². The maximum atomic E-state index is 5.26. The van der Waals surface area contributed by atoms with Crippen molar-refractivity contribution >= 4 is 23.3 Å². The Kier molecular flexibility index (Phi) is 58.5. The molecule has 79 heavy (non-hydrogen) atoms. The fourth-order valence-electron chi connectivity index (χ4n) is 11.5. The normalized spacial score (nSPS) is 12.1. The third-order valence-electron chi connectivity index (χ3n) is 16.8. The molecule has 2 aromatic rings. The molecule has 0 radical (unpaired) electrons. The molecule has 0 spiro atoms. The van der Waals surface area contributed by atoms with Crippen LogP contribution in [0.1, 0.15) is 372 Å². The maximum absolute atomic E-state index is 5.26. The van der Waals surface area contributed by atoms with Crippen molar-refractivity contribution in [2.24, 2.45) is 9.98 Å². The predicted octanol–water partition coefficient (Wildman–Crippen LogP) is 27.1. The van der Waals surface area contributed by atoms with Crippen molar-refractivity contribution in [2.75, 3.05) is 0 Å². The molecule has 0 fully saturated rings. The zero-order valence-electron chi connectivity index (χ0n) is 53.1. The average Bonchev–Trinajstić information content (AvgIpc) is 3.46. The summed E-state index contributed by atoms with van der Waals surface area (Å²) in [6, 6.07) is 17.5. The summed E-state index contributed by atoms with van der Waals surface area (Å²) >= 11 is 0. The van der Waals surface area contributed by atoms with Crippen LogP contribution in [0.3, 0.4) is 0 Å². The molecule has 2 rings (SSSR count). The van der Waals surface area contributed by atoms with Gasteiger partial charge in [0.25, 0.3) is 0 Å². The van der Waals surface area contributed by atoms with Crippen molar-refractivity contribution in [1.29, 1.82) is 0 Å². The second-order valence-corrected chi connectivity index (χ2v) is 24.4. The Labute approximate surface area is 504 Å². The number of para-hydroxylation sites is 2. The monoisotopic (exact) mass is 1130 g/mol. The summed E-state index contributed by atoms with van der Waals surface area (Å²) in [6.07, 6.45) is 88.1. The van der Waals surface area contributed by atoms with E-state index in [2.05, 4.69) is 99.8 Å². The molecule has 0 aliphatic rings. The summed E-state index contributed by atoms with van der Waals surface area (Å²) < 4.78 is 0. The van der Waals surface area contributed by atoms with Crippen LogP contribution in [0.5, 0.6) is 0 Å². The molecule has 0 atom stereocenters. The van der Waals surface area contributed by atoms with Crippen LogP contribution in [0.15, 0.2) is 82.8 Å². The summed E-state index contributed by atoms with van der Waals surface area (Å²) in [5, 5.41) is 0. The molecule has 0 saturated carbocycles. The van der Waals surface area contributed by atoms with Gasteiger partial charge in [-0.1, -0.05) is 370 Å². The quantitative estimate of drug-likeness (QED) is 0.0273. The van der Waals surface area contributed by atoms with Crippen molar-refractivity contribution in [2.45, 2.75) is 374 Å². The van der Waals surface area contributed by atoms with E-state index in [1.807, 2.05) is 0 Å². The van der Waals surface area contributed by atoms with Crippen molar-refractivity contribution in [3.8, 4) is 0 Å². The largest absolute Gasteiger partial charge is 0.255 e. The fraction of sp³-hybridized carbons (Fsp3) is 0.763. The first-order chi connectivity index (χ1) is 38.8. The third-order valence-corrected chi connectivity index (χ3v) is 16.8. The van der Waals surface area contributed by atoms with Crippen molar-refractivity contribution in [3.63, 3.8) is 0 Å². The molecular formula is C76H132N2Ni. The van der Waals surface area contributed by atoms with Gasteiger partial charge < -0.3 is 0 Å². The maximum Gasteiger partial charge on any atom is 0.0665 e. The molecule has 0 saturated heterocycles. The second-order valence-electron chi connectivity index (χ2n) is 24.4. The zero-order valence-corrected chi connectivity index (χ0v) is 54.1. The van der Waals surface area contributed by atoms with E-state index >= 15 is 0 Å². The molecule has 0 aliphatic carbocycles.